The van der Waals surface area contributed by atoms with Crippen molar-refractivity contribution in [3.05, 3.63) is 0 Å². The van der Waals surface area contributed by atoms with Gasteiger partial charge in [0.2, 0.25) is 0 Å². The lowest BCUT2D eigenvalue weighted by molar-refractivity contribution is 0.392. The maximum atomic E-state index is 3.64. The average molecular weight is 202 g/mol. The molecular weight excluding hydrogens is 180 g/mol. The number of nitrogens with one attached hydrogen (secondary N) is 1. The van der Waals surface area contributed by atoms with Gasteiger partial charge in [-0.3, -0.25) is 0 Å². The Balaban J connectivity index is 2.05. The van der Waals surface area contributed by atoms with E-state index in [9.17, 15) is 0 Å². The SMILES string of the molecule is CSCC(C)CNC1CCN(C)C1. The molecule has 1 aliphatic heterocycles. The van der Waals surface area contributed by atoms with Gasteiger partial charge in [-0.15, -0.1) is 0 Å². The Morgan fingerprint density at radius 3 is 2.92 bits per heavy atom. The summed E-state index contributed by atoms with van der Waals surface area (Å²) in [6.07, 6.45) is 3.50. The minimum Gasteiger partial charge on any atom is -0.312 e. The second kappa shape index (κ2) is 5.89. The molecule has 1 fully saturated rings. The van der Waals surface area contributed by atoms with Crippen molar-refractivity contribution < 1.29 is 0 Å². The topological polar surface area (TPSA) is 15.3 Å². The zero-order chi connectivity index (χ0) is 9.68. The van der Waals surface area contributed by atoms with Gasteiger partial charge in [-0.05, 0) is 44.5 Å². The van der Waals surface area contributed by atoms with E-state index in [2.05, 4.69) is 30.4 Å². The zero-order valence-electron chi connectivity index (χ0n) is 9.05. The molecule has 0 spiro atoms. The Kier molecular flexibility index (Phi) is 5.14. The maximum absolute atomic E-state index is 3.64. The second-order valence-electron chi connectivity index (χ2n) is 4.22. The number of hydrogen-bond acceptors (Lipinski definition) is 3. The molecular formula is C10H22N2S. The second-order valence-corrected chi connectivity index (χ2v) is 5.13. The molecule has 0 bridgehead atoms. The Bertz CT molecular complexity index is 141. The van der Waals surface area contributed by atoms with Crippen LogP contribution in [0.15, 0.2) is 0 Å². The fraction of sp³-hybridized carbons (Fsp3) is 1.00. The van der Waals surface area contributed by atoms with Crippen LogP contribution in [0.2, 0.25) is 0 Å². The number of hydrogen-bond donors (Lipinski definition) is 1. The van der Waals surface area contributed by atoms with Crippen molar-refractivity contribution in [3.8, 4) is 0 Å². The van der Waals surface area contributed by atoms with Crippen LogP contribution in [0.4, 0.5) is 0 Å². The first-order chi connectivity index (χ1) is 6.22. The third-order valence-electron chi connectivity index (χ3n) is 2.60. The predicted molar refractivity (Wildman–Crippen MR) is 61.5 cm³/mol. The van der Waals surface area contributed by atoms with Crippen molar-refractivity contribution in [2.45, 2.75) is 19.4 Å². The molecule has 2 nitrogen and oxygen atoms in total. The van der Waals surface area contributed by atoms with E-state index >= 15 is 0 Å². The van der Waals surface area contributed by atoms with Crippen LogP contribution in [0, 0.1) is 5.92 Å². The van der Waals surface area contributed by atoms with Gasteiger partial charge in [0, 0.05) is 12.6 Å². The molecule has 0 aromatic rings. The third-order valence-corrected chi connectivity index (χ3v) is 3.50. The number of rotatable bonds is 5. The van der Waals surface area contributed by atoms with Crippen LogP contribution in [0.5, 0.6) is 0 Å². The van der Waals surface area contributed by atoms with Gasteiger partial charge in [-0.2, -0.15) is 11.8 Å². The molecule has 2 atom stereocenters. The monoisotopic (exact) mass is 202 g/mol. The molecule has 0 aliphatic carbocycles. The van der Waals surface area contributed by atoms with Crippen LogP contribution in [0.1, 0.15) is 13.3 Å². The van der Waals surface area contributed by atoms with Gasteiger partial charge >= 0.3 is 0 Å². The van der Waals surface area contributed by atoms with Crippen LogP contribution in [0.3, 0.4) is 0 Å². The predicted octanol–water partition coefficient (Wildman–Crippen LogP) is 1.28. The van der Waals surface area contributed by atoms with E-state index in [1.807, 2.05) is 11.8 Å². The summed E-state index contributed by atoms with van der Waals surface area (Å²) in [6.45, 7) is 5.99. The maximum Gasteiger partial charge on any atom is 0.0207 e. The Hall–Kier alpha value is 0.270. The molecule has 1 N–H and O–H groups in total. The van der Waals surface area contributed by atoms with E-state index in [-0.39, 0.29) is 0 Å². The fourth-order valence-electron chi connectivity index (χ4n) is 1.81. The van der Waals surface area contributed by atoms with Crippen molar-refractivity contribution in [3.63, 3.8) is 0 Å². The number of likely N-dealkylation sites (N-methyl/N-ethyl adjacent to an activating group) is 1. The fourth-order valence-corrected chi connectivity index (χ4v) is 2.50. The van der Waals surface area contributed by atoms with Gasteiger partial charge in [-0.25, -0.2) is 0 Å². The van der Waals surface area contributed by atoms with Gasteiger partial charge in [0.05, 0.1) is 0 Å². The quantitative estimate of drug-likeness (QED) is 0.723. The van der Waals surface area contributed by atoms with Gasteiger partial charge < -0.3 is 10.2 Å². The zero-order valence-corrected chi connectivity index (χ0v) is 9.86. The van der Waals surface area contributed by atoms with E-state index < -0.39 is 0 Å². The van der Waals surface area contributed by atoms with Crippen LogP contribution >= 0.6 is 11.8 Å². The molecule has 1 saturated heterocycles. The summed E-state index contributed by atoms with van der Waals surface area (Å²) in [6, 6.07) is 0.745. The molecule has 2 unspecified atom stereocenters. The third kappa shape index (κ3) is 4.34. The molecule has 13 heavy (non-hydrogen) atoms. The lowest BCUT2D eigenvalue weighted by atomic mass is 10.2. The lowest BCUT2D eigenvalue weighted by Gasteiger charge is -2.16. The van der Waals surface area contributed by atoms with E-state index in [1.165, 1.54) is 31.8 Å². The lowest BCUT2D eigenvalue weighted by Crippen LogP contribution is -2.35. The molecule has 1 rings (SSSR count). The number of likely N-dealkylation sites (tertiary alicyclic amines) is 1. The molecule has 3 heteroatoms. The molecule has 1 aliphatic rings. The summed E-state index contributed by atoms with van der Waals surface area (Å²) < 4.78 is 0. The molecule has 0 saturated carbocycles. The highest BCUT2D eigenvalue weighted by Crippen LogP contribution is 2.08. The molecule has 0 radical (unpaired) electrons. The van der Waals surface area contributed by atoms with Crippen LogP contribution < -0.4 is 5.32 Å². The minimum atomic E-state index is 0.745. The van der Waals surface area contributed by atoms with Gasteiger partial charge in [-0.1, -0.05) is 6.92 Å². The summed E-state index contributed by atoms with van der Waals surface area (Å²) in [5.41, 5.74) is 0. The van der Waals surface area contributed by atoms with Crippen molar-refractivity contribution in [2.24, 2.45) is 5.92 Å². The highest BCUT2D eigenvalue weighted by atomic mass is 32.2. The van der Waals surface area contributed by atoms with Gasteiger partial charge in [0.1, 0.15) is 0 Å². The molecule has 0 aromatic heterocycles. The van der Waals surface area contributed by atoms with E-state index in [1.54, 1.807) is 0 Å². The standard InChI is InChI=1S/C10H22N2S/c1-9(8-13-3)6-11-10-4-5-12(2)7-10/h9-11H,4-8H2,1-3H3. The van der Waals surface area contributed by atoms with Crippen LogP contribution in [-0.4, -0.2) is 49.6 Å². The normalized spacial score (nSPS) is 26.5. The largest absolute Gasteiger partial charge is 0.312 e. The summed E-state index contributed by atoms with van der Waals surface area (Å²) in [5.74, 6) is 2.08. The van der Waals surface area contributed by atoms with Crippen molar-refractivity contribution in [2.75, 3.05) is 38.7 Å². The summed E-state index contributed by atoms with van der Waals surface area (Å²) in [4.78, 5) is 2.40. The van der Waals surface area contributed by atoms with Crippen molar-refractivity contribution in [1.29, 1.82) is 0 Å². The Morgan fingerprint density at radius 2 is 2.38 bits per heavy atom. The number of thioether (sulfide) groups is 1. The summed E-state index contributed by atoms with van der Waals surface area (Å²) >= 11 is 1.94. The first-order valence-corrected chi connectivity index (χ1v) is 6.52. The van der Waals surface area contributed by atoms with Gasteiger partial charge in [0.15, 0.2) is 0 Å². The molecule has 78 valence electrons. The Morgan fingerprint density at radius 1 is 1.62 bits per heavy atom. The minimum absolute atomic E-state index is 0.745. The van der Waals surface area contributed by atoms with E-state index in [0.717, 1.165) is 12.0 Å². The first kappa shape index (κ1) is 11.3. The van der Waals surface area contributed by atoms with Crippen LogP contribution in [0.25, 0.3) is 0 Å². The van der Waals surface area contributed by atoms with Gasteiger partial charge in [0.25, 0.3) is 0 Å². The average Bonchev–Trinajstić information content (AvgIpc) is 2.49. The summed E-state index contributed by atoms with van der Waals surface area (Å²) in [7, 11) is 2.20. The summed E-state index contributed by atoms with van der Waals surface area (Å²) in [5, 5.41) is 3.64. The molecule has 0 aromatic carbocycles. The highest BCUT2D eigenvalue weighted by molar-refractivity contribution is 7.98. The van der Waals surface area contributed by atoms with E-state index in [4.69, 9.17) is 0 Å². The first-order valence-electron chi connectivity index (χ1n) is 5.13. The molecule has 0 amide bonds. The Labute approximate surface area is 86.5 Å². The number of nitrogens with zero attached hydrogens (tertiary/aromatic N) is 1. The van der Waals surface area contributed by atoms with E-state index in [0.29, 0.717) is 0 Å². The molecule has 1 heterocycles. The van der Waals surface area contributed by atoms with Crippen LogP contribution in [-0.2, 0) is 0 Å². The van der Waals surface area contributed by atoms with Crippen molar-refractivity contribution in [1.82, 2.24) is 10.2 Å². The highest BCUT2D eigenvalue weighted by Gasteiger charge is 2.18. The smallest absolute Gasteiger partial charge is 0.0207 e. The van der Waals surface area contributed by atoms with Crippen molar-refractivity contribution >= 4 is 11.8 Å².